The number of aromatic nitrogens is 2. The first-order valence-corrected chi connectivity index (χ1v) is 6.98. The molecule has 0 aromatic carbocycles. The van der Waals surface area contributed by atoms with Crippen LogP contribution in [0.4, 0.5) is 9.93 Å². The van der Waals surface area contributed by atoms with Crippen LogP contribution in [0.15, 0.2) is 0 Å². The number of rotatable bonds is 7. The second-order valence-electron chi connectivity index (χ2n) is 4.62. The third-order valence-corrected chi connectivity index (χ3v) is 3.12. The van der Waals surface area contributed by atoms with Crippen molar-refractivity contribution in [3.63, 3.8) is 0 Å². The highest BCUT2D eigenvalue weighted by molar-refractivity contribution is 7.15. The van der Waals surface area contributed by atoms with Crippen molar-refractivity contribution in [1.82, 2.24) is 15.5 Å². The zero-order valence-corrected chi connectivity index (χ0v) is 12.1. The third kappa shape index (κ3) is 5.93. The van der Waals surface area contributed by atoms with Gasteiger partial charge in [-0.3, -0.25) is 5.32 Å². The van der Waals surface area contributed by atoms with Gasteiger partial charge in [0.25, 0.3) is 0 Å². The monoisotopic (exact) mass is 302 g/mol. The van der Waals surface area contributed by atoms with Crippen molar-refractivity contribution in [2.75, 3.05) is 11.9 Å². The number of aliphatic hydroxyl groups excluding tert-OH is 1. The number of nitrogens with zero attached hydrogens (tertiary/aromatic N) is 2. The molecule has 1 heterocycles. The van der Waals surface area contributed by atoms with Gasteiger partial charge < -0.3 is 15.5 Å². The standard InChI is InChI=1S/C11H18N4O4S/c1-6(2)5-8-14-15-11(20-8)13-10(19)12-4-3-7(16)9(17)18/h6-7,16H,3-5H2,1-2H3,(H,17,18)(H2,12,13,15,19)/t7-/m0/s1. The van der Waals surface area contributed by atoms with E-state index >= 15 is 0 Å². The third-order valence-electron chi connectivity index (χ3n) is 2.26. The van der Waals surface area contributed by atoms with E-state index in [4.69, 9.17) is 10.2 Å². The Labute approximate surface area is 120 Å². The molecule has 1 aromatic rings. The number of amides is 2. The van der Waals surface area contributed by atoms with Gasteiger partial charge in [-0.1, -0.05) is 25.2 Å². The SMILES string of the molecule is CC(C)Cc1nnc(NC(=O)NCC[C@H](O)C(=O)O)s1. The Morgan fingerprint density at radius 1 is 1.35 bits per heavy atom. The van der Waals surface area contributed by atoms with Crippen molar-refractivity contribution in [3.8, 4) is 0 Å². The van der Waals surface area contributed by atoms with Crippen LogP contribution in [0.2, 0.25) is 0 Å². The van der Waals surface area contributed by atoms with Gasteiger partial charge in [-0.2, -0.15) is 0 Å². The molecule has 0 unspecified atom stereocenters. The molecule has 112 valence electrons. The lowest BCUT2D eigenvalue weighted by molar-refractivity contribution is -0.146. The number of carbonyl (C=O) groups excluding carboxylic acids is 1. The van der Waals surface area contributed by atoms with Crippen LogP contribution >= 0.6 is 11.3 Å². The molecule has 1 rings (SSSR count). The van der Waals surface area contributed by atoms with Crippen LogP contribution in [0.3, 0.4) is 0 Å². The average molecular weight is 302 g/mol. The van der Waals surface area contributed by atoms with E-state index in [1.165, 1.54) is 11.3 Å². The maximum absolute atomic E-state index is 11.5. The van der Waals surface area contributed by atoms with Gasteiger partial charge in [-0.25, -0.2) is 9.59 Å². The van der Waals surface area contributed by atoms with Gasteiger partial charge in [-0.05, 0) is 5.92 Å². The number of carboxylic acid groups (broad SMARTS) is 1. The number of carbonyl (C=O) groups is 2. The van der Waals surface area contributed by atoms with Crippen molar-refractivity contribution >= 4 is 28.5 Å². The highest BCUT2D eigenvalue weighted by Crippen LogP contribution is 2.17. The summed E-state index contributed by atoms with van der Waals surface area (Å²) in [6.45, 7) is 4.18. The first-order valence-electron chi connectivity index (χ1n) is 6.16. The summed E-state index contributed by atoms with van der Waals surface area (Å²) in [5.41, 5.74) is 0. The van der Waals surface area contributed by atoms with E-state index in [1.54, 1.807) is 0 Å². The largest absolute Gasteiger partial charge is 0.479 e. The molecule has 1 aromatic heterocycles. The molecule has 8 nitrogen and oxygen atoms in total. The normalized spacial score (nSPS) is 12.2. The molecule has 0 spiro atoms. The Bertz CT molecular complexity index is 463. The summed E-state index contributed by atoms with van der Waals surface area (Å²) in [5, 5.41) is 31.4. The minimum atomic E-state index is -1.48. The molecular weight excluding hydrogens is 284 g/mol. The van der Waals surface area contributed by atoms with Crippen molar-refractivity contribution in [3.05, 3.63) is 5.01 Å². The van der Waals surface area contributed by atoms with Gasteiger partial charge in [0.1, 0.15) is 5.01 Å². The number of nitrogens with one attached hydrogen (secondary N) is 2. The fraction of sp³-hybridized carbons (Fsp3) is 0.636. The van der Waals surface area contributed by atoms with Gasteiger partial charge in [-0.15, -0.1) is 10.2 Å². The van der Waals surface area contributed by atoms with Crippen LogP contribution in [0.1, 0.15) is 25.3 Å². The van der Waals surface area contributed by atoms with Crippen LogP contribution in [0, 0.1) is 5.92 Å². The van der Waals surface area contributed by atoms with E-state index in [-0.39, 0.29) is 13.0 Å². The van der Waals surface area contributed by atoms with E-state index < -0.39 is 18.1 Å². The fourth-order valence-corrected chi connectivity index (χ4v) is 2.27. The maximum atomic E-state index is 11.5. The van der Waals surface area contributed by atoms with E-state index in [1.807, 2.05) is 0 Å². The van der Waals surface area contributed by atoms with Crippen LogP contribution in [0.5, 0.6) is 0 Å². The van der Waals surface area contributed by atoms with E-state index in [9.17, 15) is 9.59 Å². The second-order valence-corrected chi connectivity index (χ2v) is 5.68. The van der Waals surface area contributed by atoms with Gasteiger partial charge >= 0.3 is 12.0 Å². The second kappa shape index (κ2) is 7.75. The zero-order valence-electron chi connectivity index (χ0n) is 11.3. The smallest absolute Gasteiger partial charge is 0.332 e. The number of anilines is 1. The number of hydrogen-bond acceptors (Lipinski definition) is 6. The van der Waals surface area contributed by atoms with Gasteiger partial charge in [0.2, 0.25) is 5.13 Å². The highest BCUT2D eigenvalue weighted by Gasteiger charge is 2.13. The van der Waals surface area contributed by atoms with E-state index in [0.29, 0.717) is 11.0 Å². The summed E-state index contributed by atoms with van der Waals surface area (Å²) >= 11 is 1.30. The van der Waals surface area contributed by atoms with Gasteiger partial charge in [0.05, 0.1) is 0 Å². The molecule has 0 radical (unpaired) electrons. The quantitative estimate of drug-likeness (QED) is 0.587. The van der Waals surface area contributed by atoms with Crippen molar-refractivity contribution < 1.29 is 19.8 Å². The molecule has 1 atom stereocenters. The Morgan fingerprint density at radius 2 is 2.05 bits per heavy atom. The van der Waals surface area contributed by atoms with Crippen LogP contribution in [-0.2, 0) is 11.2 Å². The Hall–Kier alpha value is -1.74. The minimum absolute atomic E-state index is 0.0525. The molecule has 0 saturated heterocycles. The predicted octanol–water partition coefficient (Wildman–Crippen LogP) is 0.694. The molecule has 2 amide bonds. The number of hydrogen-bond donors (Lipinski definition) is 4. The van der Waals surface area contributed by atoms with Crippen molar-refractivity contribution in [2.24, 2.45) is 5.92 Å². The first-order chi connectivity index (χ1) is 9.38. The Balaban J connectivity index is 2.31. The first kappa shape index (κ1) is 16.3. The summed E-state index contributed by atoms with van der Waals surface area (Å²) < 4.78 is 0. The molecule has 0 aliphatic rings. The van der Waals surface area contributed by atoms with Gasteiger partial charge in [0, 0.05) is 19.4 Å². The van der Waals surface area contributed by atoms with E-state index in [0.717, 1.165) is 11.4 Å². The van der Waals surface area contributed by atoms with Crippen molar-refractivity contribution in [1.29, 1.82) is 0 Å². The predicted molar refractivity (Wildman–Crippen MR) is 73.7 cm³/mol. The number of carboxylic acids is 1. The molecule has 0 aliphatic heterocycles. The molecule has 0 bridgehead atoms. The lowest BCUT2D eigenvalue weighted by Gasteiger charge is -2.07. The molecular formula is C11H18N4O4S. The summed E-state index contributed by atoms with van der Waals surface area (Å²) in [7, 11) is 0. The summed E-state index contributed by atoms with van der Waals surface area (Å²) in [6.07, 6.45) is -0.738. The summed E-state index contributed by atoms with van der Waals surface area (Å²) in [4.78, 5) is 21.8. The average Bonchev–Trinajstić information content (AvgIpc) is 2.75. The summed E-state index contributed by atoms with van der Waals surface area (Å²) in [5.74, 6) is -0.850. The van der Waals surface area contributed by atoms with Crippen LogP contribution < -0.4 is 10.6 Å². The fourth-order valence-electron chi connectivity index (χ4n) is 1.32. The molecule has 20 heavy (non-hydrogen) atoms. The summed E-state index contributed by atoms with van der Waals surface area (Å²) in [6, 6.07) is -0.505. The molecule has 4 N–H and O–H groups in total. The molecule has 0 aliphatic carbocycles. The van der Waals surface area contributed by atoms with Crippen LogP contribution in [-0.4, -0.2) is 45.1 Å². The Morgan fingerprint density at radius 3 is 2.65 bits per heavy atom. The lowest BCUT2D eigenvalue weighted by Crippen LogP contribution is -2.33. The molecule has 0 saturated carbocycles. The number of aliphatic hydroxyl groups is 1. The number of urea groups is 1. The van der Waals surface area contributed by atoms with E-state index in [2.05, 4.69) is 34.7 Å². The Kier molecular flexibility index (Phi) is 6.32. The maximum Gasteiger partial charge on any atom is 0.332 e. The highest BCUT2D eigenvalue weighted by atomic mass is 32.1. The number of aliphatic carboxylic acids is 1. The molecule has 0 fully saturated rings. The van der Waals surface area contributed by atoms with Crippen molar-refractivity contribution in [2.45, 2.75) is 32.8 Å². The van der Waals surface area contributed by atoms with Crippen LogP contribution in [0.25, 0.3) is 0 Å². The topological polar surface area (TPSA) is 124 Å². The lowest BCUT2D eigenvalue weighted by atomic mass is 10.1. The van der Waals surface area contributed by atoms with Gasteiger partial charge in [0.15, 0.2) is 6.10 Å². The zero-order chi connectivity index (χ0) is 15.1. The molecule has 9 heteroatoms. The minimum Gasteiger partial charge on any atom is -0.479 e.